The van der Waals surface area contributed by atoms with Gasteiger partial charge >= 0.3 is 0 Å². The molecule has 0 unspecified atom stereocenters. The molecule has 0 saturated carbocycles. The number of carbonyl (C=O) groups is 1. The van der Waals surface area contributed by atoms with Crippen LogP contribution in [0.5, 0.6) is 0 Å². The second kappa shape index (κ2) is 5.08. The first-order valence-electron chi connectivity index (χ1n) is 5.90. The molecule has 1 aromatic carbocycles. The van der Waals surface area contributed by atoms with Crippen LogP contribution < -0.4 is 5.32 Å². The molecular weight excluding hydrogens is 271 g/mol. The third-order valence-corrected chi connectivity index (χ3v) is 3.85. The van der Waals surface area contributed by atoms with Gasteiger partial charge in [0.2, 0.25) is 0 Å². The third kappa shape index (κ3) is 2.48. The first kappa shape index (κ1) is 13.7. The lowest BCUT2D eigenvalue weighted by Gasteiger charge is -2.43. The fraction of sp³-hybridized carbons (Fsp3) is 0.462. The number of hydrogen-bond acceptors (Lipinski definition) is 2. The number of carbonyl (C=O) groups excluding carboxylic acids is 1. The van der Waals surface area contributed by atoms with E-state index in [4.69, 9.17) is 23.2 Å². The van der Waals surface area contributed by atoms with Crippen LogP contribution in [0.15, 0.2) is 18.2 Å². The zero-order valence-corrected chi connectivity index (χ0v) is 12.0. The molecule has 1 N–H and O–H groups in total. The minimum absolute atomic E-state index is 0.0999. The highest BCUT2D eigenvalue weighted by atomic mass is 35.5. The molecule has 0 aromatic heterocycles. The third-order valence-electron chi connectivity index (χ3n) is 3.22. The molecule has 2 rings (SSSR count). The minimum Gasteiger partial charge on any atom is -0.331 e. The van der Waals surface area contributed by atoms with E-state index < -0.39 is 0 Å². The van der Waals surface area contributed by atoms with Crippen molar-refractivity contribution in [3.8, 4) is 0 Å². The van der Waals surface area contributed by atoms with Crippen molar-refractivity contribution in [3.05, 3.63) is 33.8 Å². The van der Waals surface area contributed by atoms with Crippen LogP contribution in [0.2, 0.25) is 10.0 Å². The van der Waals surface area contributed by atoms with E-state index in [1.54, 1.807) is 18.2 Å². The van der Waals surface area contributed by atoms with Crippen LogP contribution in [0.1, 0.15) is 24.2 Å². The second-order valence-electron chi connectivity index (χ2n) is 5.04. The van der Waals surface area contributed by atoms with Crippen LogP contribution in [-0.2, 0) is 0 Å². The highest BCUT2D eigenvalue weighted by Gasteiger charge is 2.35. The summed E-state index contributed by atoms with van der Waals surface area (Å²) in [5.74, 6) is -0.0999. The molecule has 0 atom stereocenters. The van der Waals surface area contributed by atoms with Gasteiger partial charge in [0, 0.05) is 19.6 Å². The molecule has 3 nitrogen and oxygen atoms in total. The predicted molar refractivity (Wildman–Crippen MR) is 74.4 cm³/mol. The Labute approximate surface area is 117 Å². The highest BCUT2D eigenvalue weighted by Crippen LogP contribution is 2.28. The van der Waals surface area contributed by atoms with Crippen molar-refractivity contribution in [1.29, 1.82) is 0 Å². The molecule has 1 fully saturated rings. The topological polar surface area (TPSA) is 32.3 Å². The molecule has 1 aliphatic rings. The Hall–Kier alpha value is -0.770. The van der Waals surface area contributed by atoms with E-state index in [0.29, 0.717) is 22.2 Å². The quantitative estimate of drug-likeness (QED) is 0.861. The summed E-state index contributed by atoms with van der Waals surface area (Å²) in [5.41, 5.74) is 0.161. The smallest absolute Gasteiger partial charge is 0.257 e. The van der Waals surface area contributed by atoms with Crippen LogP contribution >= 0.6 is 23.2 Å². The summed E-state index contributed by atoms with van der Waals surface area (Å²) in [7, 11) is 0. The first-order chi connectivity index (χ1) is 8.43. The lowest BCUT2D eigenvalue weighted by atomic mass is 9.98. The average molecular weight is 287 g/mol. The Bertz CT molecular complexity index is 454. The normalized spacial score (nSPS) is 18.8. The van der Waals surface area contributed by atoms with E-state index in [1.165, 1.54) is 0 Å². The van der Waals surface area contributed by atoms with Crippen LogP contribution in [0, 0.1) is 0 Å². The summed E-state index contributed by atoms with van der Waals surface area (Å²) in [6.07, 6.45) is 0. The lowest BCUT2D eigenvalue weighted by Crippen LogP contribution is -2.59. The lowest BCUT2D eigenvalue weighted by molar-refractivity contribution is 0.0478. The zero-order chi connectivity index (χ0) is 13.3. The van der Waals surface area contributed by atoms with E-state index in [2.05, 4.69) is 5.32 Å². The van der Waals surface area contributed by atoms with Crippen LogP contribution in [0.4, 0.5) is 0 Å². The number of rotatable bonds is 1. The maximum Gasteiger partial charge on any atom is 0.257 e. The maximum atomic E-state index is 12.6. The average Bonchev–Trinajstić information content (AvgIpc) is 2.27. The van der Waals surface area contributed by atoms with Crippen molar-refractivity contribution in [2.24, 2.45) is 0 Å². The zero-order valence-electron chi connectivity index (χ0n) is 10.5. The molecule has 1 amide bonds. The van der Waals surface area contributed by atoms with Gasteiger partial charge in [0.15, 0.2) is 0 Å². The molecule has 1 aromatic rings. The summed E-state index contributed by atoms with van der Waals surface area (Å²) in [6.45, 7) is 6.27. The van der Waals surface area contributed by atoms with Gasteiger partial charge in [-0.25, -0.2) is 0 Å². The molecule has 1 heterocycles. The molecular formula is C13H16Cl2N2O. The van der Waals surface area contributed by atoms with Gasteiger partial charge in [0.25, 0.3) is 5.91 Å². The fourth-order valence-electron chi connectivity index (χ4n) is 2.20. The van der Waals surface area contributed by atoms with Crippen molar-refractivity contribution in [2.45, 2.75) is 19.4 Å². The Balaban J connectivity index is 2.36. The molecule has 0 bridgehead atoms. The van der Waals surface area contributed by atoms with Gasteiger partial charge in [-0.3, -0.25) is 4.79 Å². The van der Waals surface area contributed by atoms with Gasteiger partial charge in [0.05, 0.1) is 21.1 Å². The minimum atomic E-state index is -0.238. The van der Waals surface area contributed by atoms with E-state index in [-0.39, 0.29) is 11.4 Å². The molecule has 1 saturated heterocycles. The fourth-order valence-corrected chi connectivity index (χ4v) is 2.76. The molecule has 0 radical (unpaired) electrons. The van der Waals surface area contributed by atoms with Crippen molar-refractivity contribution in [2.75, 3.05) is 19.6 Å². The van der Waals surface area contributed by atoms with Gasteiger partial charge in [0.1, 0.15) is 0 Å². The Morgan fingerprint density at radius 1 is 1.33 bits per heavy atom. The van der Waals surface area contributed by atoms with Crippen LogP contribution in [-0.4, -0.2) is 36.0 Å². The predicted octanol–water partition coefficient (Wildman–Crippen LogP) is 2.82. The van der Waals surface area contributed by atoms with Crippen LogP contribution in [0.3, 0.4) is 0 Å². The Morgan fingerprint density at radius 3 is 2.50 bits per heavy atom. The SMILES string of the molecule is CC1(C)CNCCN1C(=O)c1c(Cl)cccc1Cl. The maximum absolute atomic E-state index is 12.6. The number of benzene rings is 1. The van der Waals surface area contributed by atoms with Crippen molar-refractivity contribution in [1.82, 2.24) is 10.2 Å². The second-order valence-corrected chi connectivity index (χ2v) is 5.86. The van der Waals surface area contributed by atoms with Crippen molar-refractivity contribution >= 4 is 29.1 Å². The number of nitrogens with zero attached hydrogens (tertiary/aromatic N) is 1. The highest BCUT2D eigenvalue weighted by molar-refractivity contribution is 6.39. The van der Waals surface area contributed by atoms with E-state index in [9.17, 15) is 4.79 Å². The van der Waals surface area contributed by atoms with E-state index in [0.717, 1.165) is 13.1 Å². The van der Waals surface area contributed by atoms with Crippen LogP contribution in [0.25, 0.3) is 0 Å². The Kier molecular flexibility index (Phi) is 3.85. The largest absolute Gasteiger partial charge is 0.331 e. The van der Waals surface area contributed by atoms with E-state index in [1.807, 2.05) is 18.7 Å². The monoisotopic (exact) mass is 286 g/mol. The molecule has 98 valence electrons. The summed E-state index contributed by atoms with van der Waals surface area (Å²) >= 11 is 12.2. The molecule has 5 heteroatoms. The number of hydrogen-bond donors (Lipinski definition) is 1. The van der Waals surface area contributed by atoms with Crippen molar-refractivity contribution < 1.29 is 4.79 Å². The molecule has 0 aliphatic carbocycles. The molecule has 1 aliphatic heterocycles. The molecule has 0 spiro atoms. The summed E-state index contributed by atoms with van der Waals surface area (Å²) < 4.78 is 0. The number of nitrogens with one attached hydrogen (secondary N) is 1. The standard InChI is InChI=1S/C13H16Cl2N2O/c1-13(2)8-16-6-7-17(13)12(18)11-9(14)4-3-5-10(11)15/h3-5,16H,6-8H2,1-2H3. The summed E-state index contributed by atoms with van der Waals surface area (Å²) in [5, 5.41) is 4.09. The summed E-state index contributed by atoms with van der Waals surface area (Å²) in [6, 6.07) is 5.12. The van der Waals surface area contributed by atoms with Crippen molar-refractivity contribution in [3.63, 3.8) is 0 Å². The number of amides is 1. The van der Waals surface area contributed by atoms with Gasteiger partial charge in [-0.15, -0.1) is 0 Å². The number of halogens is 2. The van der Waals surface area contributed by atoms with Gasteiger partial charge in [-0.2, -0.15) is 0 Å². The Morgan fingerprint density at radius 2 is 1.94 bits per heavy atom. The first-order valence-corrected chi connectivity index (χ1v) is 6.66. The van der Waals surface area contributed by atoms with Gasteiger partial charge in [-0.1, -0.05) is 29.3 Å². The summed E-state index contributed by atoms with van der Waals surface area (Å²) in [4.78, 5) is 14.4. The number of piperazine rings is 1. The van der Waals surface area contributed by atoms with E-state index >= 15 is 0 Å². The van der Waals surface area contributed by atoms with Gasteiger partial charge < -0.3 is 10.2 Å². The molecule has 18 heavy (non-hydrogen) atoms. The van der Waals surface area contributed by atoms with Gasteiger partial charge in [-0.05, 0) is 26.0 Å².